The minimum atomic E-state index is -0.0678. The molecule has 0 fully saturated rings. The summed E-state index contributed by atoms with van der Waals surface area (Å²) in [6, 6.07) is 72.5. The lowest BCUT2D eigenvalue weighted by Crippen LogP contribution is -2.17. The van der Waals surface area contributed by atoms with Crippen molar-refractivity contribution < 1.29 is 0 Å². The molecule has 1 aromatic heterocycles. The van der Waals surface area contributed by atoms with Crippen molar-refractivity contribution in [1.82, 2.24) is 4.57 Å². The summed E-state index contributed by atoms with van der Waals surface area (Å²) in [5.74, 6) is 0. The molecular formula is C90H102N2. The molecular weight excluding hydrogens is 1110 g/mol. The summed E-state index contributed by atoms with van der Waals surface area (Å²) in [6.07, 6.45) is 0. The number of hydrogen-bond donors (Lipinski definition) is 0. The summed E-state index contributed by atoms with van der Waals surface area (Å²) in [7, 11) is 0. The predicted octanol–water partition coefficient (Wildman–Crippen LogP) is 26.5. The van der Waals surface area contributed by atoms with Crippen LogP contribution in [0, 0.1) is 0 Å². The van der Waals surface area contributed by atoms with Gasteiger partial charge in [0.25, 0.3) is 0 Å². The van der Waals surface area contributed by atoms with E-state index in [0.717, 1.165) is 17.1 Å². The lowest BCUT2D eigenvalue weighted by atomic mass is 9.78. The van der Waals surface area contributed by atoms with E-state index in [0.29, 0.717) is 0 Å². The Labute approximate surface area is 552 Å². The number of aromatic nitrogens is 1. The van der Waals surface area contributed by atoms with Crippen LogP contribution in [0.2, 0.25) is 0 Å². The average molecular weight is 1210 g/mol. The maximum atomic E-state index is 2.58. The zero-order valence-electron chi connectivity index (χ0n) is 60.2. The van der Waals surface area contributed by atoms with Gasteiger partial charge in [0.05, 0.1) is 22.4 Å². The first-order valence-electron chi connectivity index (χ1n) is 34.0. The molecule has 2 heteroatoms. The van der Waals surface area contributed by atoms with E-state index in [9.17, 15) is 0 Å². The van der Waals surface area contributed by atoms with Crippen LogP contribution in [-0.2, 0) is 43.3 Å². The highest BCUT2D eigenvalue weighted by atomic mass is 15.1. The smallest absolute Gasteiger partial charge is 0.0541 e. The van der Waals surface area contributed by atoms with Gasteiger partial charge in [0, 0.05) is 32.9 Å². The van der Waals surface area contributed by atoms with Crippen molar-refractivity contribution in [2.24, 2.45) is 0 Å². The van der Waals surface area contributed by atoms with Crippen molar-refractivity contribution in [3.8, 4) is 39.1 Å². The van der Waals surface area contributed by atoms with E-state index >= 15 is 0 Å². The maximum Gasteiger partial charge on any atom is 0.0541 e. The number of fused-ring (bicyclic) bond motifs is 3. The lowest BCUT2D eigenvalue weighted by Gasteiger charge is -2.30. The van der Waals surface area contributed by atoms with Gasteiger partial charge in [0.2, 0.25) is 0 Å². The monoisotopic (exact) mass is 1210 g/mol. The molecule has 0 radical (unpaired) electrons. The fraction of sp³-hybridized carbons (Fsp3) is 0.356. The fourth-order valence-corrected chi connectivity index (χ4v) is 13.7. The van der Waals surface area contributed by atoms with Gasteiger partial charge in [-0.05, 0) is 209 Å². The highest BCUT2D eigenvalue weighted by Gasteiger charge is 2.29. The van der Waals surface area contributed by atoms with Crippen LogP contribution < -0.4 is 4.90 Å². The Morgan fingerprint density at radius 2 is 0.554 bits per heavy atom. The largest absolute Gasteiger partial charge is 0.310 e. The van der Waals surface area contributed by atoms with Crippen LogP contribution in [0.5, 0.6) is 0 Å². The number of rotatable bonds is 7. The van der Waals surface area contributed by atoms with Crippen molar-refractivity contribution >= 4 is 71.2 Å². The van der Waals surface area contributed by atoms with Crippen molar-refractivity contribution in [2.45, 2.75) is 209 Å². The van der Waals surface area contributed by atoms with Gasteiger partial charge in [-0.25, -0.2) is 0 Å². The zero-order chi connectivity index (χ0) is 66.5. The fourth-order valence-electron chi connectivity index (χ4n) is 13.7. The van der Waals surface area contributed by atoms with Gasteiger partial charge in [0.15, 0.2) is 0 Å². The number of benzene rings is 11. The second kappa shape index (κ2) is 21.8. The van der Waals surface area contributed by atoms with Crippen molar-refractivity contribution in [2.75, 3.05) is 4.90 Å². The summed E-state index contributed by atoms with van der Waals surface area (Å²) >= 11 is 0. The SMILES string of the molecule is CC(C)(C)c1cc(-c2ccc(N(c3cc(-c4cc(C(C)(C)C)cc(C(C)(C)C)c4)cc(-c4cc(C(C)(C)C)cc(C(C)(C)C)c4)c3)c3ccc4ccc5c(-n6c7ccc(C(C)(C)C)cc7c7cc(C(C)(C)C)ccc76)ccc6ccc3c4c65)cc2)cc(C(C)(C)C)c1. The zero-order valence-corrected chi connectivity index (χ0v) is 60.2. The van der Waals surface area contributed by atoms with Crippen molar-refractivity contribution in [3.05, 3.63) is 226 Å². The van der Waals surface area contributed by atoms with E-state index in [1.807, 2.05) is 0 Å². The number of anilines is 3. The van der Waals surface area contributed by atoms with Gasteiger partial charge in [-0.1, -0.05) is 281 Å². The Bertz CT molecular complexity index is 4580. The molecule has 0 atom stereocenters. The van der Waals surface area contributed by atoms with Gasteiger partial charge in [-0.15, -0.1) is 0 Å². The molecule has 0 saturated carbocycles. The molecule has 12 aromatic rings. The molecule has 11 aromatic carbocycles. The van der Waals surface area contributed by atoms with E-state index in [4.69, 9.17) is 0 Å². The third kappa shape index (κ3) is 12.0. The van der Waals surface area contributed by atoms with Gasteiger partial charge in [0.1, 0.15) is 0 Å². The Morgan fingerprint density at radius 3 is 0.935 bits per heavy atom. The summed E-state index contributed by atoms with van der Waals surface area (Å²) in [5, 5.41) is 10.1. The van der Waals surface area contributed by atoms with Crippen LogP contribution in [0.25, 0.3) is 93.2 Å². The van der Waals surface area contributed by atoms with E-state index in [1.165, 1.54) is 138 Å². The molecule has 0 unspecified atom stereocenters. The molecule has 0 aliphatic rings. The number of nitrogens with zero attached hydrogens (tertiary/aromatic N) is 2. The van der Waals surface area contributed by atoms with Gasteiger partial charge >= 0.3 is 0 Å². The van der Waals surface area contributed by atoms with Crippen LogP contribution >= 0.6 is 0 Å². The molecule has 12 rings (SSSR count). The molecule has 0 saturated heterocycles. The van der Waals surface area contributed by atoms with E-state index in [1.54, 1.807) is 0 Å². The first kappa shape index (κ1) is 64.2. The lowest BCUT2D eigenvalue weighted by molar-refractivity contribution is 0.568. The summed E-state index contributed by atoms with van der Waals surface area (Å²) < 4.78 is 2.55. The van der Waals surface area contributed by atoms with Gasteiger partial charge < -0.3 is 9.47 Å². The van der Waals surface area contributed by atoms with Crippen molar-refractivity contribution in [1.29, 1.82) is 0 Å². The topological polar surface area (TPSA) is 8.17 Å². The highest BCUT2D eigenvalue weighted by Crippen LogP contribution is 2.50. The summed E-state index contributed by atoms with van der Waals surface area (Å²) in [5.41, 5.74) is 24.7. The summed E-state index contributed by atoms with van der Waals surface area (Å²) in [6.45, 7) is 56.2. The second-order valence-corrected chi connectivity index (χ2v) is 35.4. The normalized spacial score (nSPS) is 13.4. The van der Waals surface area contributed by atoms with Crippen LogP contribution in [0.15, 0.2) is 182 Å². The first-order valence-corrected chi connectivity index (χ1v) is 34.0. The quantitative estimate of drug-likeness (QED) is 0.144. The summed E-state index contributed by atoms with van der Waals surface area (Å²) in [4.78, 5) is 2.58. The molecule has 0 spiro atoms. The van der Waals surface area contributed by atoms with Crippen LogP contribution in [-0.4, -0.2) is 4.57 Å². The molecule has 0 aliphatic heterocycles. The second-order valence-electron chi connectivity index (χ2n) is 35.4. The Balaban J connectivity index is 1.16. The molecule has 92 heavy (non-hydrogen) atoms. The molecule has 472 valence electrons. The molecule has 1 heterocycles. The standard InChI is InChI=1S/C90H102N2/c1-83(2,3)63-31-39-79-75(53-63)76-54-64(84(4,5)6)32-40-80(76)92(79)78-38-30-57-27-35-73-77(37-29-56-28-36-74(78)82(57)81(56)73)91(71-33-25-55(26-34-71)60-42-65(85(7,8)9)50-66(43-60)86(10,11)12)72-48-58(61-44-67(87(13,14)15)51-68(45-61)88(16,17)18)41-59(49-72)62-46-69(89(19,20)21)52-70(47-62)90(22,23)24/h25-54H,1-24H3. The highest BCUT2D eigenvalue weighted by molar-refractivity contribution is 6.27. The van der Waals surface area contributed by atoms with Gasteiger partial charge in [-0.2, -0.15) is 0 Å². The minimum absolute atomic E-state index is 0.00219. The third-order valence-corrected chi connectivity index (χ3v) is 19.9. The van der Waals surface area contributed by atoms with E-state index in [-0.39, 0.29) is 43.3 Å². The molecule has 0 N–H and O–H groups in total. The Morgan fingerprint density at radius 1 is 0.228 bits per heavy atom. The van der Waals surface area contributed by atoms with E-state index in [2.05, 4.69) is 358 Å². The Kier molecular flexibility index (Phi) is 15.2. The minimum Gasteiger partial charge on any atom is -0.310 e. The van der Waals surface area contributed by atoms with Crippen LogP contribution in [0.3, 0.4) is 0 Å². The average Bonchev–Trinajstić information content (AvgIpc) is 1.25. The Hall–Kier alpha value is -7.94. The predicted molar refractivity (Wildman–Crippen MR) is 405 cm³/mol. The molecule has 2 nitrogen and oxygen atoms in total. The third-order valence-electron chi connectivity index (χ3n) is 19.9. The number of hydrogen-bond acceptors (Lipinski definition) is 1. The first-order chi connectivity index (χ1) is 42.6. The molecule has 0 aliphatic carbocycles. The van der Waals surface area contributed by atoms with Gasteiger partial charge in [-0.3, -0.25) is 0 Å². The molecule has 0 amide bonds. The van der Waals surface area contributed by atoms with E-state index < -0.39 is 0 Å². The van der Waals surface area contributed by atoms with Crippen molar-refractivity contribution in [3.63, 3.8) is 0 Å². The maximum absolute atomic E-state index is 2.58. The molecule has 0 bridgehead atoms. The van der Waals surface area contributed by atoms with Crippen LogP contribution in [0.4, 0.5) is 17.1 Å². The van der Waals surface area contributed by atoms with Crippen LogP contribution in [0.1, 0.15) is 211 Å².